The van der Waals surface area contributed by atoms with Gasteiger partial charge in [-0.25, -0.2) is 4.39 Å². The van der Waals surface area contributed by atoms with Crippen molar-refractivity contribution >= 4 is 5.91 Å². The highest BCUT2D eigenvalue weighted by Gasteiger charge is 2.25. The van der Waals surface area contributed by atoms with Crippen LogP contribution in [-0.2, 0) is 11.2 Å². The van der Waals surface area contributed by atoms with Gasteiger partial charge in [-0.1, -0.05) is 24.1 Å². The fourth-order valence-electron chi connectivity index (χ4n) is 2.89. The average molecular weight is 302 g/mol. The molecule has 1 saturated heterocycles. The van der Waals surface area contributed by atoms with Crippen LogP contribution in [0.2, 0.25) is 0 Å². The summed E-state index contributed by atoms with van der Waals surface area (Å²) < 4.78 is 13.6. The van der Waals surface area contributed by atoms with Crippen molar-refractivity contribution < 1.29 is 9.18 Å². The molecule has 0 radical (unpaired) electrons. The molecule has 0 aromatic heterocycles. The minimum atomic E-state index is -0.216. The molecule has 1 amide bonds. The van der Waals surface area contributed by atoms with Gasteiger partial charge in [0.1, 0.15) is 5.82 Å². The van der Waals surface area contributed by atoms with Crippen molar-refractivity contribution in [1.82, 2.24) is 10.2 Å². The number of terminal acetylenes is 1. The SMILES string of the molecule is C#CCN1CCC(C(=O)N[C@@H](C)Cc2ccccc2F)CC1. The quantitative estimate of drug-likeness (QED) is 0.846. The number of carbonyl (C=O) groups excluding carboxylic acids is 1. The molecule has 1 aliphatic rings. The number of amides is 1. The van der Waals surface area contributed by atoms with Crippen LogP contribution in [0, 0.1) is 24.1 Å². The Hall–Kier alpha value is -1.86. The van der Waals surface area contributed by atoms with E-state index in [2.05, 4.69) is 16.1 Å². The number of piperidine rings is 1. The molecule has 1 aromatic rings. The maximum atomic E-state index is 13.6. The lowest BCUT2D eigenvalue weighted by atomic mass is 9.95. The van der Waals surface area contributed by atoms with Crippen molar-refractivity contribution in [3.63, 3.8) is 0 Å². The van der Waals surface area contributed by atoms with Gasteiger partial charge in [0, 0.05) is 12.0 Å². The molecule has 0 bridgehead atoms. The van der Waals surface area contributed by atoms with Gasteiger partial charge in [-0.2, -0.15) is 0 Å². The standard InChI is InChI=1S/C18H23FN2O/c1-3-10-21-11-8-15(9-12-21)18(22)20-14(2)13-16-6-4-5-7-17(16)19/h1,4-7,14-15H,8-13H2,2H3,(H,20,22)/t14-/m0/s1. The molecule has 0 unspecified atom stereocenters. The number of nitrogens with zero attached hydrogens (tertiary/aromatic N) is 1. The number of halogens is 1. The Balaban J connectivity index is 1.80. The first-order chi connectivity index (χ1) is 10.6. The molecule has 118 valence electrons. The number of hydrogen-bond acceptors (Lipinski definition) is 2. The molecular formula is C18H23FN2O. The molecule has 0 spiro atoms. The predicted octanol–water partition coefficient (Wildman–Crippen LogP) is 2.22. The highest BCUT2D eigenvalue weighted by molar-refractivity contribution is 5.79. The van der Waals surface area contributed by atoms with E-state index in [1.807, 2.05) is 13.0 Å². The lowest BCUT2D eigenvalue weighted by molar-refractivity contribution is -0.127. The normalized spacial score (nSPS) is 17.7. The van der Waals surface area contributed by atoms with E-state index in [1.54, 1.807) is 12.1 Å². The third kappa shape index (κ3) is 4.57. The van der Waals surface area contributed by atoms with Gasteiger partial charge in [0.25, 0.3) is 0 Å². The smallest absolute Gasteiger partial charge is 0.223 e. The average Bonchev–Trinajstić information content (AvgIpc) is 2.50. The largest absolute Gasteiger partial charge is 0.353 e. The fraction of sp³-hybridized carbons (Fsp3) is 0.500. The number of carbonyl (C=O) groups is 1. The van der Waals surface area contributed by atoms with Gasteiger partial charge < -0.3 is 5.32 Å². The molecule has 1 N–H and O–H groups in total. The van der Waals surface area contributed by atoms with Crippen LogP contribution >= 0.6 is 0 Å². The van der Waals surface area contributed by atoms with Crippen molar-refractivity contribution in [2.45, 2.75) is 32.2 Å². The van der Waals surface area contributed by atoms with Gasteiger partial charge in [-0.05, 0) is 50.9 Å². The first kappa shape index (κ1) is 16.5. The summed E-state index contributed by atoms with van der Waals surface area (Å²) in [4.78, 5) is 14.5. The summed E-state index contributed by atoms with van der Waals surface area (Å²) >= 11 is 0. The third-order valence-corrected chi connectivity index (χ3v) is 4.15. The van der Waals surface area contributed by atoms with Gasteiger partial charge in [0.2, 0.25) is 5.91 Å². The lowest BCUT2D eigenvalue weighted by Crippen LogP contribution is -2.43. The number of benzene rings is 1. The van der Waals surface area contributed by atoms with Crippen LogP contribution in [0.15, 0.2) is 24.3 Å². The first-order valence-electron chi connectivity index (χ1n) is 7.79. The number of hydrogen-bond donors (Lipinski definition) is 1. The second-order valence-corrected chi connectivity index (χ2v) is 5.96. The highest BCUT2D eigenvalue weighted by Crippen LogP contribution is 2.17. The highest BCUT2D eigenvalue weighted by atomic mass is 19.1. The molecule has 1 aromatic carbocycles. The van der Waals surface area contributed by atoms with Crippen LogP contribution in [0.5, 0.6) is 0 Å². The first-order valence-corrected chi connectivity index (χ1v) is 7.79. The van der Waals surface area contributed by atoms with E-state index in [-0.39, 0.29) is 23.7 Å². The van der Waals surface area contributed by atoms with Gasteiger partial charge in [0.05, 0.1) is 6.54 Å². The minimum absolute atomic E-state index is 0.0390. The van der Waals surface area contributed by atoms with E-state index in [9.17, 15) is 9.18 Å². The van der Waals surface area contributed by atoms with E-state index in [0.717, 1.165) is 25.9 Å². The van der Waals surface area contributed by atoms with Gasteiger partial charge >= 0.3 is 0 Å². The summed E-state index contributed by atoms with van der Waals surface area (Å²) in [7, 11) is 0. The van der Waals surface area contributed by atoms with Gasteiger partial charge in [-0.15, -0.1) is 6.42 Å². The molecule has 1 aliphatic heterocycles. The summed E-state index contributed by atoms with van der Waals surface area (Å²) in [5.74, 6) is 2.53. The van der Waals surface area contributed by atoms with Crippen LogP contribution < -0.4 is 5.32 Å². The summed E-state index contributed by atoms with van der Waals surface area (Å²) in [5.41, 5.74) is 0.638. The minimum Gasteiger partial charge on any atom is -0.353 e. The zero-order valence-electron chi connectivity index (χ0n) is 13.0. The zero-order valence-corrected chi connectivity index (χ0v) is 13.0. The Morgan fingerprint density at radius 2 is 2.14 bits per heavy atom. The van der Waals surface area contributed by atoms with Crippen molar-refractivity contribution in [3.05, 3.63) is 35.6 Å². The number of likely N-dealkylation sites (tertiary alicyclic amines) is 1. The molecule has 1 atom stereocenters. The van der Waals surface area contributed by atoms with Crippen molar-refractivity contribution in [2.75, 3.05) is 19.6 Å². The van der Waals surface area contributed by atoms with Crippen molar-refractivity contribution in [1.29, 1.82) is 0 Å². The number of rotatable bonds is 5. The molecule has 3 nitrogen and oxygen atoms in total. The van der Waals surface area contributed by atoms with Crippen LogP contribution in [-0.4, -0.2) is 36.5 Å². The van der Waals surface area contributed by atoms with Crippen molar-refractivity contribution in [2.24, 2.45) is 5.92 Å². The number of nitrogens with one attached hydrogen (secondary N) is 1. The maximum Gasteiger partial charge on any atom is 0.223 e. The summed E-state index contributed by atoms with van der Waals surface area (Å²) in [5, 5.41) is 3.01. The topological polar surface area (TPSA) is 32.3 Å². The van der Waals surface area contributed by atoms with E-state index >= 15 is 0 Å². The monoisotopic (exact) mass is 302 g/mol. The third-order valence-electron chi connectivity index (χ3n) is 4.15. The molecule has 0 aliphatic carbocycles. The predicted molar refractivity (Wildman–Crippen MR) is 85.7 cm³/mol. The van der Waals surface area contributed by atoms with E-state index in [0.29, 0.717) is 18.5 Å². The molecule has 0 saturated carbocycles. The summed E-state index contributed by atoms with van der Waals surface area (Å²) in [6.07, 6.45) is 7.48. The summed E-state index contributed by atoms with van der Waals surface area (Å²) in [6.45, 7) is 4.30. The van der Waals surface area contributed by atoms with E-state index in [1.165, 1.54) is 6.07 Å². The zero-order chi connectivity index (χ0) is 15.9. The van der Waals surface area contributed by atoms with Crippen LogP contribution in [0.1, 0.15) is 25.3 Å². The second kappa shape index (κ2) is 7.95. The maximum absolute atomic E-state index is 13.6. The molecule has 22 heavy (non-hydrogen) atoms. The van der Waals surface area contributed by atoms with E-state index < -0.39 is 0 Å². The van der Waals surface area contributed by atoms with Gasteiger partial charge in [0.15, 0.2) is 0 Å². The molecule has 2 rings (SSSR count). The van der Waals surface area contributed by atoms with Crippen LogP contribution in [0.25, 0.3) is 0 Å². The summed E-state index contributed by atoms with van der Waals surface area (Å²) in [6, 6.07) is 6.62. The molecule has 4 heteroatoms. The Kier molecular flexibility index (Phi) is 5.97. The van der Waals surface area contributed by atoms with Crippen LogP contribution in [0.3, 0.4) is 0 Å². The van der Waals surface area contributed by atoms with Crippen molar-refractivity contribution in [3.8, 4) is 12.3 Å². The Morgan fingerprint density at radius 3 is 2.77 bits per heavy atom. The van der Waals surface area contributed by atoms with Gasteiger partial charge in [-0.3, -0.25) is 9.69 Å². The van der Waals surface area contributed by atoms with E-state index in [4.69, 9.17) is 6.42 Å². The lowest BCUT2D eigenvalue weighted by Gasteiger charge is -2.30. The molecule has 1 heterocycles. The Bertz CT molecular complexity index is 544. The Morgan fingerprint density at radius 1 is 1.45 bits per heavy atom. The Labute approximate surface area is 131 Å². The second-order valence-electron chi connectivity index (χ2n) is 5.96. The molecular weight excluding hydrogens is 279 g/mol. The van der Waals surface area contributed by atoms with Crippen LogP contribution in [0.4, 0.5) is 4.39 Å². The molecule has 1 fully saturated rings. The fourth-order valence-corrected chi connectivity index (χ4v) is 2.89.